The number of amides is 1. The van der Waals surface area contributed by atoms with Gasteiger partial charge in [-0.15, -0.1) is 0 Å². The molecule has 0 bridgehead atoms. The summed E-state index contributed by atoms with van der Waals surface area (Å²) in [5.74, 6) is 0.0327. The summed E-state index contributed by atoms with van der Waals surface area (Å²) in [5.41, 5.74) is 0.844. The Balaban J connectivity index is 1.41. The van der Waals surface area contributed by atoms with Crippen molar-refractivity contribution in [2.24, 2.45) is 0 Å². The van der Waals surface area contributed by atoms with Crippen LogP contribution in [0.2, 0.25) is 0 Å². The number of hydrogen-bond acceptors (Lipinski definition) is 5. The largest absolute Gasteiger partial charge is 0.359 e. The Morgan fingerprint density at radius 1 is 1.16 bits per heavy atom. The van der Waals surface area contributed by atoms with E-state index < -0.39 is 0 Å². The van der Waals surface area contributed by atoms with Crippen LogP contribution in [0.1, 0.15) is 73.2 Å². The maximum absolute atomic E-state index is 12.4. The second-order valence-corrected chi connectivity index (χ2v) is 8.42. The second kappa shape index (κ2) is 9.53. The highest BCUT2D eigenvalue weighted by atomic mass is 32.1. The van der Waals surface area contributed by atoms with E-state index >= 15 is 0 Å². The van der Waals surface area contributed by atoms with Gasteiger partial charge in [-0.05, 0) is 58.7 Å². The summed E-state index contributed by atoms with van der Waals surface area (Å²) < 4.78 is 0. The predicted molar refractivity (Wildman–Crippen MR) is 105 cm³/mol. The summed E-state index contributed by atoms with van der Waals surface area (Å²) in [6.45, 7) is 6.22. The van der Waals surface area contributed by atoms with E-state index in [1.165, 1.54) is 75.8 Å². The van der Waals surface area contributed by atoms with Gasteiger partial charge in [0.1, 0.15) is 4.88 Å². The normalized spacial score (nSPS) is 19.7. The van der Waals surface area contributed by atoms with Gasteiger partial charge in [0.25, 0.3) is 5.91 Å². The van der Waals surface area contributed by atoms with Gasteiger partial charge in [-0.1, -0.05) is 37.0 Å². The van der Waals surface area contributed by atoms with Crippen LogP contribution in [0.5, 0.6) is 0 Å². The van der Waals surface area contributed by atoms with Crippen molar-refractivity contribution < 1.29 is 4.79 Å². The highest BCUT2D eigenvalue weighted by molar-refractivity contribution is 7.17. The van der Waals surface area contributed by atoms with E-state index in [0.717, 1.165) is 35.2 Å². The predicted octanol–water partition coefficient (Wildman–Crippen LogP) is 3.80. The molecule has 1 saturated heterocycles. The smallest absolute Gasteiger partial charge is 0.263 e. The van der Waals surface area contributed by atoms with E-state index in [2.05, 4.69) is 20.5 Å². The number of likely N-dealkylation sites (tertiary alicyclic amines) is 1. The number of rotatable bonds is 7. The fourth-order valence-corrected chi connectivity index (χ4v) is 4.82. The van der Waals surface area contributed by atoms with Gasteiger partial charge in [-0.2, -0.15) is 0 Å². The Morgan fingerprint density at radius 3 is 2.64 bits per heavy atom. The van der Waals surface area contributed by atoms with Gasteiger partial charge in [-0.25, -0.2) is 4.98 Å². The molecule has 6 heteroatoms. The Labute approximate surface area is 155 Å². The molecular formula is C19H32N4OS. The van der Waals surface area contributed by atoms with Crippen LogP contribution in [0.3, 0.4) is 0 Å². The molecule has 1 aliphatic carbocycles. The maximum atomic E-state index is 12.4. The first-order valence-corrected chi connectivity index (χ1v) is 10.8. The molecule has 0 atom stereocenters. The summed E-state index contributed by atoms with van der Waals surface area (Å²) in [7, 11) is 0. The van der Waals surface area contributed by atoms with Crippen LogP contribution in [0.4, 0.5) is 5.13 Å². The zero-order valence-electron chi connectivity index (χ0n) is 15.5. The van der Waals surface area contributed by atoms with E-state index in [-0.39, 0.29) is 5.91 Å². The summed E-state index contributed by atoms with van der Waals surface area (Å²) in [6.07, 6.45) is 11.4. The minimum Gasteiger partial charge on any atom is -0.359 e. The first kappa shape index (κ1) is 18.6. The highest BCUT2D eigenvalue weighted by Crippen LogP contribution is 2.26. The molecule has 2 heterocycles. The second-order valence-electron chi connectivity index (χ2n) is 7.42. The van der Waals surface area contributed by atoms with Gasteiger partial charge in [0.05, 0.1) is 5.69 Å². The molecule has 0 spiro atoms. The minimum atomic E-state index is 0.0327. The first-order valence-electron chi connectivity index (χ1n) is 9.97. The van der Waals surface area contributed by atoms with Gasteiger partial charge in [0, 0.05) is 12.6 Å². The van der Waals surface area contributed by atoms with Gasteiger partial charge < -0.3 is 15.5 Å². The molecule has 3 rings (SSSR count). The molecule has 25 heavy (non-hydrogen) atoms. The van der Waals surface area contributed by atoms with Gasteiger partial charge in [0.2, 0.25) is 0 Å². The van der Waals surface area contributed by atoms with E-state index in [1.54, 1.807) is 0 Å². The van der Waals surface area contributed by atoms with Crippen LogP contribution in [-0.4, -0.2) is 48.0 Å². The number of carbonyl (C=O) groups excluding carboxylic acids is 1. The lowest BCUT2D eigenvalue weighted by atomic mass is 9.96. The van der Waals surface area contributed by atoms with Gasteiger partial charge >= 0.3 is 0 Å². The maximum Gasteiger partial charge on any atom is 0.263 e. The fraction of sp³-hybridized carbons (Fsp3) is 0.789. The molecular weight excluding hydrogens is 332 g/mol. The molecule has 1 aliphatic heterocycles. The van der Waals surface area contributed by atoms with Crippen LogP contribution in [0, 0.1) is 6.92 Å². The number of nitrogens with one attached hydrogen (secondary N) is 2. The molecule has 0 unspecified atom stereocenters. The van der Waals surface area contributed by atoms with Crippen LogP contribution >= 0.6 is 11.3 Å². The molecule has 2 aliphatic rings. The number of anilines is 1. The lowest BCUT2D eigenvalue weighted by molar-refractivity contribution is 0.0954. The SMILES string of the molecule is Cc1nc(NC2CCCCC2)sc1C(=O)NCCCN1CCCCC1. The van der Waals surface area contributed by atoms with Crippen LogP contribution in [-0.2, 0) is 0 Å². The van der Waals surface area contributed by atoms with Crippen molar-refractivity contribution in [2.75, 3.05) is 31.5 Å². The van der Waals surface area contributed by atoms with Gasteiger partial charge in [-0.3, -0.25) is 4.79 Å². The fourth-order valence-electron chi connectivity index (χ4n) is 3.86. The minimum absolute atomic E-state index is 0.0327. The lowest BCUT2D eigenvalue weighted by Gasteiger charge is -2.26. The van der Waals surface area contributed by atoms with Crippen molar-refractivity contribution >= 4 is 22.4 Å². The van der Waals surface area contributed by atoms with E-state index in [4.69, 9.17) is 0 Å². The third-order valence-corrected chi connectivity index (χ3v) is 6.41. The standard InChI is InChI=1S/C19H32N4OS/c1-15-17(25-19(21-15)22-16-9-4-2-5-10-16)18(24)20-11-8-14-23-12-6-3-7-13-23/h16H,2-14H2,1H3,(H,20,24)(H,21,22). The molecule has 0 aromatic carbocycles. The van der Waals surface area contributed by atoms with Gasteiger partial charge in [0.15, 0.2) is 5.13 Å². The van der Waals surface area contributed by atoms with E-state index in [1.807, 2.05) is 6.92 Å². The average Bonchev–Trinajstić information content (AvgIpc) is 3.00. The van der Waals surface area contributed by atoms with Crippen LogP contribution in [0.15, 0.2) is 0 Å². The summed E-state index contributed by atoms with van der Waals surface area (Å²) in [6, 6.07) is 0.528. The number of hydrogen-bond donors (Lipinski definition) is 2. The highest BCUT2D eigenvalue weighted by Gasteiger charge is 2.19. The molecule has 2 fully saturated rings. The Kier molecular flexibility index (Phi) is 7.11. The third kappa shape index (κ3) is 5.68. The van der Waals surface area contributed by atoms with Crippen molar-refractivity contribution in [2.45, 2.75) is 70.8 Å². The molecule has 5 nitrogen and oxygen atoms in total. The number of carbonyl (C=O) groups is 1. The Hall–Kier alpha value is -1.14. The zero-order chi connectivity index (χ0) is 17.5. The Bertz CT molecular complexity index is 548. The molecule has 140 valence electrons. The summed E-state index contributed by atoms with van der Waals surface area (Å²) >= 11 is 1.50. The zero-order valence-corrected chi connectivity index (χ0v) is 16.3. The molecule has 1 saturated carbocycles. The van der Waals surface area contributed by atoms with E-state index in [0.29, 0.717) is 6.04 Å². The lowest BCUT2D eigenvalue weighted by Crippen LogP contribution is -2.33. The van der Waals surface area contributed by atoms with Crippen LogP contribution < -0.4 is 10.6 Å². The van der Waals surface area contributed by atoms with Crippen molar-refractivity contribution in [3.63, 3.8) is 0 Å². The van der Waals surface area contributed by atoms with Crippen molar-refractivity contribution in [1.82, 2.24) is 15.2 Å². The number of thiazole rings is 1. The summed E-state index contributed by atoms with van der Waals surface area (Å²) in [5, 5.41) is 7.51. The number of nitrogens with zero attached hydrogens (tertiary/aromatic N) is 2. The van der Waals surface area contributed by atoms with Crippen molar-refractivity contribution in [3.05, 3.63) is 10.6 Å². The monoisotopic (exact) mass is 364 g/mol. The molecule has 0 radical (unpaired) electrons. The average molecular weight is 365 g/mol. The quantitative estimate of drug-likeness (QED) is 0.723. The molecule has 1 amide bonds. The number of piperidine rings is 1. The van der Waals surface area contributed by atoms with Crippen molar-refractivity contribution in [3.8, 4) is 0 Å². The first-order chi connectivity index (χ1) is 12.2. The Morgan fingerprint density at radius 2 is 1.88 bits per heavy atom. The molecule has 1 aromatic heterocycles. The molecule has 2 N–H and O–H groups in total. The third-order valence-electron chi connectivity index (χ3n) is 5.32. The van der Waals surface area contributed by atoms with E-state index in [9.17, 15) is 4.79 Å². The number of aryl methyl sites for hydroxylation is 1. The topological polar surface area (TPSA) is 57.3 Å². The summed E-state index contributed by atoms with van der Waals surface area (Å²) in [4.78, 5) is 20.3. The van der Waals surface area contributed by atoms with Crippen LogP contribution in [0.25, 0.3) is 0 Å². The number of aromatic nitrogens is 1. The van der Waals surface area contributed by atoms with Crippen molar-refractivity contribution in [1.29, 1.82) is 0 Å². The molecule has 1 aromatic rings.